The largest absolute Gasteiger partial charge is 0.465 e. The molecule has 1 aliphatic rings. The summed E-state index contributed by atoms with van der Waals surface area (Å²) in [6.07, 6.45) is 3.89. The number of alkyl halides is 1. The van der Waals surface area contributed by atoms with Crippen molar-refractivity contribution < 1.29 is 9.90 Å². The minimum absolute atomic E-state index is 0.547. The molecule has 0 aromatic rings. The zero-order chi connectivity index (χ0) is 11.8. The summed E-state index contributed by atoms with van der Waals surface area (Å²) in [6, 6.07) is 0. The van der Waals surface area contributed by atoms with Gasteiger partial charge in [-0.2, -0.15) is 11.8 Å². The molecule has 1 aliphatic carbocycles. The minimum atomic E-state index is -0.903. The molecule has 1 amide bonds. The van der Waals surface area contributed by atoms with Crippen molar-refractivity contribution in [2.24, 2.45) is 11.8 Å². The maximum atomic E-state index is 10.4. The molecule has 0 aromatic carbocycles. The van der Waals surface area contributed by atoms with Crippen LogP contribution in [0.4, 0.5) is 4.79 Å². The summed E-state index contributed by atoms with van der Waals surface area (Å²) < 4.78 is 0. The maximum absolute atomic E-state index is 10.4. The monoisotopic (exact) mass is 265 g/mol. The molecule has 0 spiro atoms. The van der Waals surface area contributed by atoms with Crippen molar-refractivity contribution >= 4 is 29.5 Å². The highest BCUT2D eigenvalue weighted by Gasteiger charge is 2.21. The third-order valence-corrected chi connectivity index (χ3v) is 4.70. The van der Waals surface area contributed by atoms with Crippen molar-refractivity contribution in [1.82, 2.24) is 5.32 Å². The first-order valence-corrected chi connectivity index (χ1v) is 7.51. The van der Waals surface area contributed by atoms with Crippen molar-refractivity contribution in [3.8, 4) is 0 Å². The fraction of sp³-hybridized carbons (Fsp3) is 0.909. The molecule has 2 N–H and O–H groups in total. The number of carbonyl (C=O) groups is 1. The molecular weight excluding hydrogens is 246 g/mol. The van der Waals surface area contributed by atoms with E-state index in [1.54, 1.807) is 0 Å². The molecule has 1 fully saturated rings. The Labute approximate surface area is 106 Å². The van der Waals surface area contributed by atoms with Crippen LogP contribution in [0.15, 0.2) is 0 Å². The lowest BCUT2D eigenvalue weighted by molar-refractivity contribution is 0.189. The zero-order valence-corrected chi connectivity index (χ0v) is 11.0. The van der Waals surface area contributed by atoms with Crippen molar-refractivity contribution in [2.45, 2.75) is 25.7 Å². The fourth-order valence-electron chi connectivity index (χ4n) is 2.14. The number of hydrogen-bond donors (Lipinski definition) is 2. The van der Waals surface area contributed by atoms with E-state index in [1.807, 2.05) is 11.8 Å². The Hall–Kier alpha value is -0.0900. The summed E-state index contributed by atoms with van der Waals surface area (Å²) in [4.78, 5) is 10.4. The van der Waals surface area contributed by atoms with Crippen LogP contribution in [0.5, 0.6) is 0 Å². The summed E-state index contributed by atoms with van der Waals surface area (Å²) in [6.45, 7) is 0.622. The molecule has 94 valence electrons. The molecule has 0 bridgehead atoms. The molecule has 1 saturated carbocycles. The van der Waals surface area contributed by atoms with Gasteiger partial charge in [0.05, 0.1) is 0 Å². The first-order chi connectivity index (χ1) is 7.72. The average Bonchev–Trinajstić information content (AvgIpc) is 2.28. The van der Waals surface area contributed by atoms with Crippen LogP contribution in [0.1, 0.15) is 25.7 Å². The molecule has 0 radical (unpaired) electrons. The van der Waals surface area contributed by atoms with Crippen molar-refractivity contribution in [2.75, 3.05) is 23.9 Å². The molecular formula is C11H20ClNO2S. The molecule has 16 heavy (non-hydrogen) atoms. The number of amides is 1. The van der Waals surface area contributed by atoms with Crippen LogP contribution in [0.3, 0.4) is 0 Å². The van der Waals surface area contributed by atoms with Gasteiger partial charge < -0.3 is 10.4 Å². The standard InChI is InChI=1S/C11H20ClNO2S/c12-5-6-16-8-10-3-1-9(2-4-10)7-13-11(14)15/h9-10,13H,1-8H2,(H,14,15). The van der Waals surface area contributed by atoms with Gasteiger partial charge in [0.2, 0.25) is 0 Å². The second kappa shape index (κ2) is 8.07. The smallest absolute Gasteiger partial charge is 0.404 e. The number of nitrogens with one attached hydrogen (secondary N) is 1. The fourth-order valence-corrected chi connectivity index (χ4v) is 3.41. The first kappa shape index (κ1) is 14.0. The second-order valence-electron chi connectivity index (χ2n) is 4.34. The third kappa shape index (κ3) is 5.85. The van der Waals surface area contributed by atoms with Gasteiger partial charge in [-0.15, -0.1) is 11.6 Å². The maximum Gasteiger partial charge on any atom is 0.404 e. The highest BCUT2D eigenvalue weighted by molar-refractivity contribution is 7.99. The number of hydrogen-bond acceptors (Lipinski definition) is 2. The van der Waals surface area contributed by atoms with Gasteiger partial charge in [0.15, 0.2) is 0 Å². The molecule has 3 nitrogen and oxygen atoms in total. The van der Waals surface area contributed by atoms with Gasteiger partial charge >= 0.3 is 6.09 Å². The zero-order valence-electron chi connectivity index (χ0n) is 9.45. The lowest BCUT2D eigenvalue weighted by Gasteiger charge is -2.28. The van der Waals surface area contributed by atoms with E-state index in [9.17, 15) is 4.79 Å². The Bertz CT molecular complexity index is 208. The highest BCUT2D eigenvalue weighted by Crippen LogP contribution is 2.30. The summed E-state index contributed by atoms with van der Waals surface area (Å²) in [5, 5.41) is 11.0. The lowest BCUT2D eigenvalue weighted by atomic mass is 9.83. The molecule has 0 aliphatic heterocycles. The van der Waals surface area contributed by atoms with E-state index >= 15 is 0 Å². The molecule has 0 unspecified atom stereocenters. The number of halogens is 1. The van der Waals surface area contributed by atoms with Gasteiger partial charge in [-0.3, -0.25) is 0 Å². The minimum Gasteiger partial charge on any atom is -0.465 e. The molecule has 0 heterocycles. The van der Waals surface area contributed by atoms with Crippen LogP contribution in [-0.2, 0) is 0 Å². The summed E-state index contributed by atoms with van der Waals surface area (Å²) in [5.41, 5.74) is 0. The summed E-state index contributed by atoms with van der Waals surface area (Å²) >= 11 is 7.57. The quantitative estimate of drug-likeness (QED) is 0.573. The van der Waals surface area contributed by atoms with Crippen LogP contribution >= 0.6 is 23.4 Å². The van der Waals surface area contributed by atoms with Gasteiger partial charge in [0, 0.05) is 18.2 Å². The van der Waals surface area contributed by atoms with Crippen LogP contribution < -0.4 is 5.32 Å². The Morgan fingerprint density at radius 3 is 2.50 bits per heavy atom. The highest BCUT2D eigenvalue weighted by atomic mass is 35.5. The molecule has 5 heteroatoms. The lowest BCUT2D eigenvalue weighted by Crippen LogP contribution is -2.30. The SMILES string of the molecule is O=C(O)NCC1CCC(CSCCCl)CC1. The van der Waals surface area contributed by atoms with Crippen molar-refractivity contribution in [3.63, 3.8) is 0 Å². The predicted octanol–water partition coefficient (Wildman–Crippen LogP) is 3.03. The van der Waals surface area contributed by atoms with Crippen LogP contribution in [0, 0.1) is 11.8 Å². The van der Waals surface area contributed by atoms with Gasteiger partial charge in [0.25, 0.3) is 0 Å². The van der Waals surface area contributed by atoms with E-state index < -0.39 is 6.09 Å². The average molecular weight is 266 g/mol. The van der Waals surface area contributed by atoms with Crippen LogP contribution in [-0.4, -0.2) is 35.1 Å². The number of thioether (sulfide) groups is 1. The van der Waals surface area contributed by atoms with Gasteiger partial charge in [-0.1, -0.05) is 0 Å². The Morgan fingerprint density at radius 1 is 1.31 bits per heavy atom. The predicted molar refractivity (Wildman–Crippen MR) is 69.5 cm³/mol. The van der Waals surface area contributed by atoms with Gasteiger partial charge in [-0.25, -0.2) is 4.79 Å². The van der Waals surface area contributed by atoms with E-state index in [4.69, 9.17) is 16.7 Å². The van der Waals surface area contributed by atoms with Crippen LogP contribution in [0.2, 0.25) is 0 Å². The van der Waals surface area contributed by atoms with E-state index in [-0.39, 0.29) is 0 Å². The van der Waals surface area contributed by atoms with E-state index in [2.05, 4.69) is 5.32 Å². The molecule has 0 saturated heterocycles. The normalized spacial score (nSPS) is 25.3. The molecule has 0 aromatic heterocycles. The number of carboxylic acid groups (broad SMARTS) is 1. The Morgan fingerprint density at radius 2 is 1.94 bits per heavy atom. The van der Waals surface area contributed by atoms with Gasteiger partial charge in [-0.05, 0) is 43.3 Å². The van der Waals surface area contributed by atoms with Gasteiger partial charge in [0.1, 0.15) is 0 Å². The van der Waals surface area contributed by atoms with Crippen LogP contribution in [0.25, 0.3) is 0 Å². The third-order valence-electron chi connectivity index (χ3n) is 3.08. The van der Waals surface area contributed by atoms with E-state index in [0.717, 1.165) is 30.4 Å². The van der Waals surface area contributed by atoms with Crippen molar-refractivity contribution in [3.05, 3.63) is 0 Å². The summed E-state index contributed by atoms with van der Waals surface area (Å²) in [5.74, 6) is 4.36. The topological polar surface area (TPSA) is 49.3 Å². The van der Waals surface area contributed by atoms with E-state index in [0.29, 0.717) is 12.5 Å². The first-order valence-electron chi connectivity index (χ1n) is 5.83. The Kier molecular flexibility index (Phi) is 7.05. The van der Waals surface area contributed by atoms with Crippen molar-refractivity contribution in [1.29, 1.82) is 0 Å². The summed E-state index contributed by atoms with van der Waals surface area (Å²) in [7, 11) is 0. The number of rotatable bonds is 6. The molecule has 0 atom stereocenters. The molecule has 1 rings (SSSR count). The Balaban J connectivity index is 2.06. The van der Waals surface area contributed by atoms with E-state index in [1.165, 1.54) is 18.6 Å². The second-order valence-corrected chi connectivity index (χ2v) is 5.86.